The zero-order valence-corrected chi connectivity index (χ0v) is 14.1. The second-order valence-electron chi connectivity index (χ2n) is 8.14. The van der Waals surface area contributed by atoms with Gasteiger partial charge in [0.2, 0.25) is 0 Å². The number of aliphatic hydroxyl groups excluding tert-OH is 1. The van der Waals surface area contributed by atoms with Crippen molar-refractivity contribution in [2.24, 2.45) is 17.3 Å². The van der Waals surface area contributed by atoms with Crippen LogP contribution < -0.4 is 5.32 Å². The van der Waals surface area contributed by atoms with E-state index in [0.717, 1.165) is 12.1 Å². The first-order valence-electron chi connectivity index (χ1n) is 8.50. The van der Waals surface area contributed by atoms with Crippen LogP contribution in [0.25, 0.3) is 0 Å². The van der Waals surface area contributed by atoms with Crippen LogP contribution in [-0.2, 0) is 0 Å². The van der Waals surface area contributed by atoms with Crippen LogP contribution in [0.3, 0.4) is 0 Å². The van der Waals surface area contributed by atoms with Crippen molar-refractivity contribution in [3.8, 4) is 0 Å². The minimum Gasteiger partial charge on any atom is -0.390 e. The third-order valence-corrected chi connectivity index (χ3v) is 6.30. The van der Waals surface area contributed by atoms with Crippen molar-refractivity contribution in [3.63, 3.8) is 0 Å². The van der Waals surface area contributed by atoms with E-state index in [4.69, 9.17) is 0 Å². The van der Waals surface area contributed by atoms with Crippen LogP contribution >= 0.6 is 0 Å². The van der Waals surface area contributed by atoms with Crippen molar-refractivity contribution in [1.29, 1.82) is 0 Å². The molecule has 3 fully saturated rings. The summed E-state index contributed by atoms with van der Waals surface area (Å²) < 4.78 is 0. The molecule has 3 heteroatoms. The average Bonchev–Trinajstić information content (AvgIpc) is 2.47. The van der Waals surface area contributed by atoms with Crippen molar-refractivity contribution in [1.82, 2.24) is 0 Å². The van der Waals surface area contributed by atoms with Gasteiger partial charge in [-0.1, -0.05) is 45.9 Å². The van der Waals surface area contributed by atoms with E-state index in [1.807, 2.05) is 12.1 Å². The molecule has 0 amide bonds. The lowest BCUT2D eigenvalue weighted by Crippen LogP contribution is -2.69. The summed E-state index contributed by atoms with van der Waals surface area (Å²) in [5.41, 5.74) is 1.43. The largest absolute Gasteiger partial charge is 0.390 e. The fourth-order valence-corrected chi connectivity index (χ4v) is 4.61. The summed E-state index contributed by atoms with van der Waals surface area (Å²) in [7, 11) is 0. The number of benzene rings is 1. The minimum absolute atomic E-state index is 0.132. The highest BCUT2D eigenvalue weighted by atomic mass is 16.3. The van der Waals surface area contributed by atoms with Crippen LogP contribution in [0.1, 0.15) is 52.0 Å². The van der Waals surface area contributed by atoms with Crippen LogP contribution in [0.2, 0.25) is 0 Å². The topological polar surface area (TPSA) is 52.5 Å². The molecule has 2 bridgehead atoms. The number of hydrogen-bond donors (Lipinski definition) is 3. The highest BCUT2D eigenvalue weighted by Crippen LogP contribution is 2.62. The van der Waals surface area contributed by atoms with Crippen LogP contribution in [0.4, 0.5) is 5.69 Å². The van der Waals surface area contributed by atoms with E-state index < -0.39 is 11.7 Å². The van der Waals surface area contributed by atoms with Crippen molar-refractivity contribution in [2.75, 3.05) is 11.9 Å². The third-order valence-electron chi connectivity index (χ3n) is 6.30. The molecule has 3 aliphatic rings. The van der Waals surface area contributed by atoms with Gasteiger partial charge in [0.1, 0.15) is 5.60 Å². The van der Waals surface area contributed by atoms with Gasteiger partial charge in [-0.3, -0.25) is 0 Å². The lowest BCUT2D eigenvalue weighted by atomic mass is 9.43. The van der Waals surface area contributed by atoms with Gasteiger partial charge in [-0.2, -0.15) is 0 Å². The standard InChI is InChI=1S/C19H29NO2/c1-12(2)14-7-5-6-8-15(14)20-11-19(22)16-9-13(10-17(19)21)18(16,3)4/h5-8,12-13,16-17,20-22H,9-11H2,1-4H3/t13-,16-,17+,19-/m0/s1. The molecule has 1 aromatic rings. The second kappa shape index (κ2) is 5.24. The Morgan fingerprint density at radius 3 is 2.55 bits per heavy atom. The van der Waals surface area contributed by atoms with Crippen LogP contribution in [0.5, 0.6) is 0 Å². The van der Waals surface area contributed by atoms with Gasteiger partial charge in [0.25, 0.3) is 0 Å². The van der Waals surface area contributed by atoms with Gasteiger partial charge in [0, 0.05) is 12.2 Å². The molecule has 3 N–H and O–H groups in total. The van der Waals surface area contributed by atoms with Crippen molar-refractivity contribution in [2.45, 2.75) is 58.2 Å². The summed E-state index contributed by atoms with van der Waals surface area (Å²) >= 11 is 0. The fourth-order valence-electron chi connectivity index (χ4n) is 4.61. The predicted molar refractivity (Wildman–Crippen MR) is 90.0 cm³/mol. The number of hydrogen-bond acceptors (Lipinski definition) is 3. The summed E-state index contributed by atoms with van der Waals surface area (Å²) in [5.74, 6) is 1.15. The molecule has 122 valence electrons. The Morgan fingerprint density at radius 2 is 1.91 bits per heavy atom. The van der Waals surface area contributed by atoms with Gasteiger partial charge in [-0.05, 0) is 47.6 Å². The molecule has 0 aromatic heterocycles. The normalized spacial score (nSPS) is 36.0. The van der Waals surface area contributed by atoms with Gasteiger partial charge in [0.05, 0.1) is 6.10 Å². The zero-order chi connectivity index (χ0) is 16.1. The third kappa shape index (κ3) is 2.26. The summed E-state index contributed by atoms with van der Waals surface area (Å²) in [4.78, 5) is 0. The second-order valence-corrected chi connectivity index (χ2v) is 8.14. The van der Waals surface area contributed by atoms with Crippen LogP contribution in [0, 0.1) is 17.3 Å². The molecule has 3 aliphatic carbocycles. The number of nitrogens with one attached hydrogen (secondary N) is 1. The number of para-hydroxylation sites is 1. The first-order valence-corrected chi connectivity index (χ1v) is 8.50. The predicted octanol–water partition coefficient (Wildman–Crippen LogP) is 3.38. The summed E-state index contributed by atoms with van der Waals surface area (Å²) in [6, 6.07) is 8.24. The number of rotatable bonds is 4. The maximum absolute atomic E-state index is 11.2. The van der Waals surface area contributed by atoms with E-state index in [9.17, 15) is 10.2 Å². The van der Waals surface area contributed by atoms with Gasteiger partial charge < -0.3 is 15.5 Å². The SMILES string of the molecule is CC(C)c1ccccc1NC[C@@]1(O)[C@H](O)C[C@@H]2C[C@H]1C2(C)C. The molecule has 4 rings (SSSR count). The molecule has 4 atom stereocenters. The molecule has 0 heterocycles. The van der Waals surface area contributed by atoms with Crippen molar-refractivity contribution < 1.29 is 10.2 Å². The van der Waals surface area contributed by atoms with E-state index in [2.05, 4.69) is 45.1 Å². The Bertz CT molecular complexity index is 554. The van der Waals surface area contributed by atoms with E-state index in [0.29, 0.717) is 24.8 Å². The zero-order valence-electron chi connectivity index (χ0n) is 14.1. The molecular formula is C19H29NO2. The smallest absolute Gasteiger partial charge is 0.111 e. The minimum atomic E-state index is -1.03. The Morgan fingerprint density at radius 1 is 1.23 bits per heavy atom. The van der Waals surface area contributed by atoms with E-state index >= 15 is 0 Å². The first-order chi connectivity index (χ1) is 10.3. The number of fused-ring (bicyclic) bond motifs is 2. The van der Waals surface area contributed by atoms with Crippen molar-refractivity contribution >= 4 is 5.69 Å². The lowest BCUT2D eigenvalue weighted by molar-refractivity contribution is -0.247. The van der Waals surface area contributed by atoms with Crippen LogP contribution in [-0.4, -0.2) is 28.5 Å². The van der Waals surface area contributed by atoms with Gasteiger partial charge in [0.15, 0.2) is 0 Å². The molecule has 0 aliphatic heterocycles. The molecule has 22 heavy (non-hydrogen) atoms. The quantitative estimate of drug-likeness (QED) is 0.799. The first kappa shape index (κ1) is 15.8. The summed E-state index contributed by atoms with van der Waals surface area (Å²) in [5, 5.41) is 25.0. The molecule has 0 spiro atoms. The molecule has 1 aromatic carbocycles. The van der Waals surface area contributed by atoms with Gasteiger partial charge in [-0.25, -0.2) is 0 Å². The molecular weight excluding hydrogens is 274 g/mol. The Labute approximate surface area is 133 Å². The fraction of sp³-hybridized carbons (Fsp3) is 0.684. The number of aliphatic hydroxyl groups is 2. The highest BCUT2D eigenvalue weighted by molar-refractivity contribution is 5.53. The van der Waals surface area contributed by atoms with E-state index in [-0.39, 0.29) is 11.3 Å². The van der Waals surface area contributed by atoms with Crippen LogP contribution in [0.15, 0.2) is 24.3 Å². The lowest BCUT2D eigenvalue weighted by Gasteiger charge is -2.65. The monoisotopic (exact) mass is 303 g/mol. The Balaban J connectivity index is 1.78. The molecule has 3 saturated carbocycles. The summed E-state index contributed by atoms with van der Waals surface area (Å²) in [6.07, 6.45) is 1.13. The Kier molecular flexibility index (Phi) is 3.77. The highest BCUT2D eigenvalue weighted by Gasteiger charge is 2.64. The summed E-state index contributed by atoms with van der Waals surface area (Å²) in [6.45, 7) is 9.21. The molecule has 3 nitrogen and oxygen atoms in total. The Hall–Kier alpha value is -1.06. The number of anilines is 1. The maximum atomic E-state index is 11.2. The molecule has 0 radical (unpaired) electrons. The molecule has 0 saturated heterocycles. The van der Waals surface area contributed by atoms with E-state index in [1.54, 1.807) is 0 Å². The molecule has 0 unspecified atom stereocenters. The van der Waals surface area contributed by atoms with Crippen molar-refractivity contribution in [3.05, 3.63) is 29.8 Å². The maximum Gasteiger partial charge on any atom is 0.111 e. The van der Waals surface area contributed by atoms with Gasteiger partial charge in [-0.15, -0.1) is 0 Å². The van der Waals surface area contributed by atoms with E-state index in [1.165, 1.54) is 5.56 Å². The average molecular weight is 303 g/mol. The van der Waals surface area contributed by atoms with Gasteiger partial charge >= 0.3 is 0 Å².